The van der Waals surface area contributed by atoms with Gasteiger partial charge in [-0.3, -0.25) is 4.99 Å². The molecular weight excluding hydrogens is 350 g/mol. The Morgan fingerprint density at radius 3 is 3.04 bits per heavy atom. The number of hydrogen-bond acceptors (Lipinski definition) is 4. The lowest BCUT2D eigenvalue weighted by molar-refractivity contribution is 0.128. The van der Waals surface area contributed by atoms with E-state index < -0.39 is 0 Å². The SMILES string of the molecule is CCOCCC1(CNC(=NC)NC2CCN(c3ncccc3Cl)C2)CC1. The summed E-state index contributed by atoms with van der Waals surface area (Å²) in [4.78, 5) is 11.0. The van der Waals surface area contributed by atoms with Crippen molar-refractivity contribution in [1.82, 2.24) is 15.6 Å². The number of hydrogen-bond donors (Lipinski definition) is 2. The molecule has 0 radical (unpaired) electrons. The normalized spacial score (nSPS) is 21.7. The highest BCUT2D eigenvalue weighted by atomic mass is 35.5. The summed E-state index contributed by atoms with van der Waals surface area (Å²) in [6.45, 7) is 6.49. The third kappa shape index (κ3) is 5.01. The van der Waals surface area contributed by atoms with Crippen molar-refractivity contribution in [3.63, 3.8) is 0 Å². The summed E-state index contributed by atoms with van der Waals surface area (Å²) in [5.41, 5.74) is 0.399. The molecule has 2 heterocycles. The highest BCUT2D eigenvalue weighted by molar-refractivity contribution is 6.32. The second kappa shape index (κ2) is 8.91. The summed E-state index contributed by atoms with van der Waals surface area (Å²) in [5.74, 6) is 1.75. The third-order valence-corrected chi connectivity index (χ3v) is 5.66. The fraction of sp³-hybridized carbons (Fsp3) is 0.684. The number of rotatable bonds is 8. The minimum absolute atomic E-state index is 0.345. The predicted octanol–water partition coefficient (Wildman–Crippen LogP) is 2.69. The van der Waals surface area contributed by atoms with Crippen LogP contribution in [0.15, 0.2) is 23.3 Å². The number of aromatic nitrogens is 1. The molecule has 0 spiro atoms. The van der Waals surface area contributed by atoms with Crippen LogP contribution in [0.25, 0.3) is 0 Å². The molecule has 1 unspecified atom stereocenters. The molecule has 3 rings (SSSR count). The molecular formula is C19H30ClN5O. The zero-order valence-corrected chi connectivity index (χ0v) is 16.6. The zero-order chi connectivity index (χ0) is 18.4. The van der Waals surface area contributed by atoms with Crippen molar-refractivity contribution in [3.8, 4) is 0 Å². The average molecular weight is 380 g/mol. The van der Waals surface area contributed by atoms with Crippen LogP contribution in [-0.2, 0) is 4.74 Å². The van der Waals surface area contributed by atoms with Gasteiger partial charge in [0.05, 0.1) is 5.02 Å². The van der Waals surface area contributed by atoms with E-state index in [1.807, 2.05) is 26.1 Å². The minimum atomic E-state index is 0.345. The quantitative estimate of drug-likeness (QED) is 0.413. The van der Waals surface area contributed by atoms with Crippen molar-refractivity contribution in [1.29, 1.82) is 0 Å². The molecule has 1 saturated heterocycles. The van der Waals surface area contributed by atoms with Crippen molar-refractivity contribution in [2.24, 2.45) is 10.4 Å². The third-order valence-electron chi connectivity index (χ3n) is 5.36. The van der Waals surface area contributed by atoms with Gasteiger partial charge in [-0.05, 0) is 50.2 Å². The van der Waals surface area contributed by atoms with E-state index in [1.54, 1.807) is 6.20 Å². The van der Waals surface area contributed by atoms with E-state index in [0.29, 0.717) is 16.5 Å². The number of nitrogens with one attached hydrogen (secondary N) is 2. The van der Waals surface area contributed by atoms with Crippen LogP contribution in [0, 0.1) is 5.41 Å². The first-order chi connectivity index (χ1) is 12.7. The maximum absolute atomic E-state index is 6.27. The molecule has 2 N–H and O–H groups in total. The highest BCUT2D eigenvalue weighted by Gasteiger charge is 2.42. The number of ether oxygens (including phenoxy) is 1. The van der Waals surface area contributed by atoms with E-state index in [0.717, 1.165) is 57.5 Å². The molecule has 2 fully saturated rings. The molecule has 26 heavy (non-hydrogen) atoms. The molecule has 1 aliphatic heterocycles. The Hall–Kier alpha value is -1.53. The van der Waals surface area contributed by atoms with Gasteiger partial charge in [-0.25, -0.2) is 4.98 Å². The van der Waals surface area contributed by atoms with E-state index in [1.165, 1.54) is 12.8 Å². The Bertz CT molecular complexity index is 620. The molecule has 1 aromatic heterocycles. The van der Waals surface area contributed by atoms with E-state index in [9.17, 15) is 0 Å². The fourth-order valence-corrected chi connectivity index (χ4v) is 3.71. The van der Waals surface area contributed by atoms with E-state index >= 15 is 0 Å². The fourth-order valence-electron chi connectivity index (χ4n) is 3.46. The predicted molar refractivity (Wildman–Crippen MR) is 107 cm³/mol. The summed E-state index contributed by atoms with van der Waals surface area (Å²) in [5, 5.41) is 7.77. The van der Waals surface area contributed by atoms with Gasteiger partial charge in [0.15, 0.2) is 5.96 Å². The molecule has 1 saturated carbocycles. The first-order valence-corrected chi connectivity index (χ1v) is 9.94. The molecule has 7 heteroatoms. The van der Waals surface area contributed by atoms with Gasteiger partial charge in [-0.15, -0.1) is 0 Å². The van der Waals surface area contributed by atoms with E-state index in [4.69, 9.17) is 16.3 Å². The summed E-state index contributed by atoms with van der Waals surface area (Å²) in [6, 6.07) is 4.10. The van der Waals surface area contributed by atoms with Crippen LogP contribution >= 0.6 is 11.6 Å². The minimum Gasteiger partial charge on any atom is -0.382 e. The molecule has 0 bridgehead atoms. The smallest absolute Gasteiger partial charge is 0.191 e. The van der Waals surface area contributed by atoms with Gasteiger partial charge in [-0.1, -0.05) is 11.6 Å². The van der Waals surface area contributed by atoms with Crippen LogP contribution in [0.3, 0.4) is 0 Å². The second-order valence-corrected chi connectivity index (χ2v) is 7.66. The number of nitrogens with zero attached hydrogens (tertiary/aromatic N) is 3. The van der Waals surface area contributed by atoms with Crippen molar-refractivity contribution < 1.29 is 4.74 Å². The Morgan fingerprint density at radius 2 is 2.35 bits per heavy atom. The maximum Gasteiger partial charge on any atom is 0.191 e. The number of pyridine rings is 1. The largest absolute Gasteiger partial charge is 0.382 e. The van der Waals surface area contributed by atoms with Crippen molar-refractivity contribution >= 4 is 23.4 Å². The van der Waals surface area contributed by atoms with Crippen molar-refractivity contribution in [3.05, 3.63) is 23.4 Å². The van der Waals surface area contributed by atoms with Gasteiger partial charge in [0, 0.05) is 52.1 Å². The van der Waals surface area contributed by atoms with Crippen LogP contribution in [-0.4, -0.2) is 56.9 Å². The summed E-state index contributed by atoms with van der Waals surface area (Å²) in [7, 11) is 1.83. The zero-order valence-electron chi connectivity index (χ0n) is 15.8. The Kier molecular flexibility index (Phi) is 6.59. The van der Waals surface area contributed by atoms with E-state index in [-0.39, 0.29) is 0 Å². The summed E-state index contributed by atoms with van der Waals surface area (Å²) < 4.78 is 5.52. The molecule has 0 amide bonds. The number of aliphatic imine (C=N–C) groups is 1. The van der Waals surface area contributed by atoms with Crippen LogP contribution in [0.2, 0.25) is 5.02 Å². The Balaban J connectivity index is 1.45. The lowest BCUT2D eigenvalue weighted by atomic mass is 10.0. The molecule has 1 aromatic rings. The average Bonchev–Trinajstić information content (AvgIpc) is 3.27. The topological polar surface area (TPSA) is 61.8 Å². The summed E-state index contributed by atoms with van der Waals surface area (Å²) in [6.07, 6.45) is 6.52. The van der Waals surface area contributed by atoms with Gasteiger partial charge < -0.3 is 20.3 Å². The van der Waals surface area contributed by atoms with Crippen molar-refractivity contribution in [2.75, 3.05) is 44.8 Å². The first kappa shape index (κ1) is 19.2. The van der Waals surface area contributed by atoms with Gasteiger partial charge in [-0.2, -0.15) is 0 Å². The van der Waals surface area contributed by atoms with Crippen molar-refractivity contribution in [2.45, 2.75) is 38.6 Å². The Labute approximate surface area is 161 Å². The monoisotopic (exact) mass is 379 g/mol. The molecule has 144 valence electrons. The summed E-state index contributed by atoms with van der Waals surface area (Å²) >= 11 is 6.27. The van der Waals surface area contributed by atoms with E-state index in [2.05, 4.69) is 25.5 Å². The van der Waals surface area contributed by atoms with Gasteiger partial charge in [0.1, 0.15) is 5.82 Å². The molecule has 1 aliphatic carbocycles. The van der Waals surface area contributed by atoms with Crippen LogP contribution < -0.4 is 15.5 Å². The highest BCUT2D eigenvalue weighted by Crippen LogP contribution is 2.48. The van der Waals surface area contributed by atoms with Gasteiger partial charge >= 0.3 is 0 Å². The molecule has 6 nitrogen and oxygen atoms in total. The van der Waals surface area contributed by atoms with Gasteiger partial charge in [0.2, 0.25) is 0 Å². The van der Waals surface area contributed by atoms with Gasteiger partial charge in [0.25, 0.3) is 0 Å². The number of anilines is 1. The molecule has 1 atom stereocenters. The van der Waals surface area contributed by atoms with Crippen LogP contribution in [0.1, 0.15) is 32.6 Å². The first-order valence-electron chi connectivity index (χ1n) is 9.56. The lowest BCUT2D eigenvalue weighted by Crippen LogP contribution is -2.46. The standard InChI is InChI=1S/C19H30ClN5O/c1-3-26-12-9-19(7-8-19)14-23-18(21-2)24-15-6-11-25(13-15)17-16(20)5-4-10-22-17/h4-5,10,15H,3,6-9,11-14H2,1-2H3,(H2,21,23,24). The Morgan fingerprint density at radius 1 is 1.50 bits per heavy atom. The van der Waals surface area contributed by atoms with Crippen LogP contribution in [0.5, 0.6) is 0 Å². The van der Waals surface area contributed by atoms with Crippen LogP contribution in [0.4, 0.5) is 5.82 Å². The molecule has 2 aliphatic rings. The maximum atomic E-state index is 6.27. The lowest BCUT2D eigenvalue weighted by Gasteiger charge is -2.22. The number of halogens is 1. The molecule has 0 aromatic carbocycles. The second-order valence-electron chi connectivity index (χ2n) is 7.26. The number of guanidine groups is 1.